The number of carbonyl (C=O) groups is 2. The molecule has 1 heterocycles. The highest BCUT2D eigenvalue weighted by Crippen LogP contribution is 2.08. The van der Waals surface area contributed by atoms with Crippen LogP contribution in [0.25, 0.3) is 0 Å². The summed E-state index contributed by atoms with van der Waals surface area (Å²) in [4.78, 5) is 21.3. The molecule has 0 saturated heterocycles. The summed E-state index contributed by atoms with van der Waals surface area (Å²) in [6, 6.07) is 6.28. The molecule has 0 spiro atoms. The van der Waals surface area contributed by atoms with Crippen molar-refractivity contribution in [3.05, 3.63) is 54.9 Å². The molecule has 0 bridgehead atoms. The van der Waals surface area contributed by atoms with E-state index in [-0.39, 0.29) is 28.1 Å². The fourth-order valence-corrected chi connectivity index (χ4v) is 2.27. The summed E-state index contributed by atoms with van der Waals surface area (Å²) in [6.07, 6.45) is 15.5. The number of unbranched alkanes of at least 4 members (excludes halogenated alkanes) is 7. The summed E-state index contributed by atoms with van der Waals surface area (Å²) in [5.74, 6) is -1.42. The molecular weight excluding hydrogens is 418 g/mol. The Kier molecular flexibility index (Phi) is 18.9. The zero-order valence-corrected chi connectivity index (χ0v) is 19.3. The van der Waals surface area contributed by atoms with Gasteiger partial charge in [-0.1, -0.05) is 64.7 Å². The zero-order chi connectivity index (χ0) is 20.5. The van der Waals surface area contributed by atoms with Gasteiger partial charge in [0.2, 0.25) is 0 Å². The Morgan fingerprint density at radius 2 is 1.21 bits per heavy atom. The number of aryl methyl sites for hydroxylation is 1. The first-order valence-corrected chi connectivity index (χ1v) is 9.90. The van der Waals surface area contributed by atoms with Crippen LogP contribution < -0.4 is 21.5 Å². The highest BCUT2D eigenvalue weighted by Gasteiger charge is 2.10. The molecule has 4 nitrogen and oxygen atoms in total. The van der Waals surface area contributed by atoms with E-state index in [1.54, 1.807) is 0 Å². The minimum atomic E-state index is -0.710. The van der Waals surface area contributed by atoms with Crippen molar-refractivity contribution in [2.45, 2.75) is 78.7 Å². The van der Waals surface area contributed by atoms with Gasteiger partial charge in [-0.15, -0.1) is 0 Å². The summed E-state index contributed by atoms with van der Waals surface area (Å²) >= 11 is 0. The molecule has 1 rings (SSSR count). The monoisotopic (exact) mass is 453 g/mol. The fraction of sp³-hybridized carbons (Fsp3) is 0.522. The van der Waals surface area contributed by atoms with Gasteiger partial charge < -0.3 is 21.7 Å². The van der Waals surface area contributed by atoms with Gasteiger partial charge in [0, 0.05) is 29.7 Å². The Morgan fingerprint density at radius 1 is 0.786 bits per heavy atom. The quantitative estimate of drug-likeness (QED) is 0.170. The van der Waals surface area contributed by atoms with Crippen LogP contribution in [0.2, 0.25) is 0 Å². The average molecular weight is 454 g/mol. The average Bonchev–Trinajstić information content (AvgIpc) is 2.65. The topological polar surface area (TPSA) is 47.3 Å². The molecule has 0 aliphatic heterocycles. The van der Waals surface area contributed by atoms with Gasteiger partial charge in [0.15, 0.2) is 12.4 Å². The maximum Gasteiger partial charge on any atom is 0.340 e. The third-order valence-electron chi connectivity index (χ3n) is 3.93. The number of rotatable bonds is 11. The second-order valence-electron chi connectivity index (χ2n) is 6.83. The van der Waals surface area contributed by atoms with Crippen LogP contribution in [0.3, 0.4) is 0 Å². The third-order valence-corrected chi connectivity index (χ3v) is 3.93. The van der Waals surface area contributed by atoms with E-state index in [0.717, 1.165) is 0 Å². The van der Waals surface area contributed by atoms with Gasteiger partial charge in [-0.05, 0) is 20.3 Å². The van der Waals surface area contributed by atoms with Crippen LogP contribution in [0.5, 0.6) is 0 Å². The summed E-state index contributed by atoms with van der Waals surface area (Å²) in [7, 11) is 0. The number of halogens is 1. The third kappa shape index (κ3) is 16.4. The Bertz CT molecular complexity index is 561. The van der Waals surface area contributed by atoms with Crippen molar-refractivity contribution >= 4 is 11.9 Å². The van der Waals surface area contributed by atoms with E-state index in [0.29, 0.717) is 0 Å². The van der Waals surface area contributed by atoms with Crippen molar-refractivity contribution in [3.63, 3.8) is 0 Å². The van der Waals surface area contributed by atoms with Gasteiger partial charge >= 0.3 is 11.9 Å². The second-order valence-corrected chi connectivity index (χ2v) is 6.83. The number of aromatic nitrogens is 1. The minimum Gasteiger partial charge on any atom is -1.00 e. The molecule has 28 heavy (non-hydrogen) atoms. The SMILES string of the molecule is C=C(C)C(=O)OC(=O)C(=C)C.CCCCCCCCCC[n+]1ccccc1.[Br-]. The van der Waals surface area contributed by atoms with Crippen molar-refractivity contribution in [2.75, 3.05) is 0 Å². The van der Waals surface area contributed by atoms with Gasteiger partial charge in [-0.3, -0.25) is 0 Å². The number of carbonyl (C=O) groups excluding carboxylic acids is 2. The Morgan fingerprint density at radius 3 is 1.64 bits per heavy atom. The van der Waals surface area contributed by atoms with Gasteiger partial charge in [0.1, 0.15) is 6.54 Å². The number of esters is 2. The minimum absolute atomic E-state index is 0. The molecule has 0 radical (unpaired) electrons. The van der Waals surface area contributed by atoms with Crippen molar-refractivity contribution in [3.8, 4) is 0 Å². The molecular formula is C23H36BrNO3. The molecule has 0 saturated carbocycles. The van der Waals surface area contributed by atoms with Crippen molar-refractivity contribution in [1.82, 2.24) is 0 Å². The normalized spacial score (nSPS) is 9.39. The summed E-state index contributed by atoms with van der Waals surface area (Å²) in [5.41, 5.74) is 0.388. The number of hydrogen-bond acceptors (Lipinski definition) is 3. The Hall–Kier alpha value is -1.75. The predicted molar refractivity (Wildman–Crippen MR) is 110 cm³/mol. The molecule has 5 heteroatoms. The highest BCUT2D eigenvalue weighted by molar-refractivity contribution is 6.00. The lowest BCUT2D eigenvalue weighted by molar-refractivity contribution is -0.697. The van der Waals surface area contributed by atoms with Crippen molar-refractivity contribution in [2.24, 2.45) is 0 Å². The van der Waals surface area contributed by atoms with Crippen LogP contribution in [0, 0.1) is 0 Å². The van der Waals surface area contributed by atoms with Crippen LogP contribution in [-0.4, -0.2) is 11.9 Å². The molecule has 0 N–H and O–H groups in total. The van der Waals surface area contributed by atoms with Crippen LogP contribution in [0.1, 0.15) is 72.1 Å². The van der Waals surface area contributed by atoms with E-state index < -0.39 is 11.9 Å². The molecule has 0 aromatic carbocycles. The molecule has 0 amide bonds. The van der Waals surface area contributed by atoms with Gasteiger partial charge in [-0.25, -0.2) is 14.2 Å². The van der Waals surface area contributed by atoms with E-state index in [4.69, 9.17) is 0 Å². The Balaban J connectivity index is 0. The maximum absolute atomic E-state index is 10.7. The first-order chi connectivity index (χ1) is 12.9. The number of hydrogen-bond donors (Lipinski definition) is 0. The van der Waals surface area contributed by atoms with E-state index in [2.05, 4.69) is 60.0 Å². The van der Waals surface area contributed by atoms with E-state index in [1.165, 1.54) is 71.8 Å². The van der Waals surface area contributed by atoms with Crippen LogP contribution in [0.4, 0.5) is 0 Å². The summed E-state index contributed by atoms with van der Waals surface area (Å²) < 4.78 is 6.57. The lowest BCUT2D eigenvalue weighted by atomic mass is 10.1. The molecule has 0 aliphatic rings. The van der Waals surface area contributed by atoms with E-state index >= 15 is 0 Å². The summed E-state index contributed by atoms with van der Waals surface area (Å²) in [6.45, 7) is 13.0. The zero-order valence-electron chi connectivity index (χ0n) is 17.7. The van der Waals surface area contributed by atoms with Gasteiger partial charge in [0.25, 0.3) is 0 Å². The first kappa shape index (κ1) is 28.5. The van der Waals surface area contributed by atoms with E-state index in [1.807, 2.05) is 0 Å². The molecule has 1 aromatic rings. The molecule has 0 atom stereocenters. The number of pyridine rings is 1. The molecule has 0 unspecified atom stereocenters. The van der Waals surface area contributed by atoms with Crippen molar-refractivity contribution < 1.29 is 35.9 Å². The van der Waals surface area contributed by atoms with E-state index in [9.17, 15) is 9.59 Å². The lowest BCUT2D eigenvalue weighted by Crippen LogP contribution is -3.00. The second kappa shape index (κ2) is 18.6. The van der Waals surface area contributed by atoms with Gasteiger partial charge in [0.05, 0.1) is 0 Å². The fourth-order valence-electron chi connectivity index (χ4n) is 2.27. The first-order valence-electron chi connectivity index (χ1n) is 9.90. The number of ether oxygens (including phenoxy) is 1. The lowest BCUT2D eigenvalue weighted by Gasteiger charge is -2.00. The highest BCUT2D eigenvalue weighted by atomic mass is 79.9. The smallest absolute Gasteiger partial charge is 0.340 e. The van der Waals surface area contributed by atoms with Gasteiger partial charge in [-0.2, -0.15) is 0 Å². The molecule has 1 aromatic heterocycles. The Labute approximate surface area is 181 Å². The largest absolute Gasteiger partial charge is 1.00 e. The maximum atomic E-state index is 10.7. The standard InChI is InChI=1S/C15H26N.C8H10O3.BrH/c1-2-3-4-5-6-7-8-10-13-16-14-11-9-12-15-16;1-5(2)7(9)11-8(10)6(3)4;/h9,11-12,14-15H,2-8,10,13H2,1H3;1,3H2,2,4H3;1H/q+1;;/p-1. The molecule has 158 valence electrons. The van der Waals surface area contributed by atoms with Crippen LogP contribution >= 0.6 is 0 Å². The van der Waals surface area contributed by atoms with Crippen LogP contribution in [0.15, 0.2) is 54.9 Å². The summed E-state index contributed by atoms with van der Waals surface area (Å²) in [5, 5.41) is 0. The number of nitrogens with zero attached hydrogens (tertiary/aromatic N) is 1. The predicted octanol–water partition coefficient (Wildman–Crippen LogP) is 2.33. The van der Waals surface area contributed by atoms with Crippen LogP contribution in [-0.2, 0) is 20.9 Å². The van der Waals surface area contributed by atoms with Crippen molar-refractivity contribution in [1.29, 1.82) is 0 Å². The molecule has 0 fully saturated rings. The molecule has 0 aliphatic carbocycles.